The predicted molar refractivity (Wildman–Crippen MR) is 139 cm³/mol. The van der Waals surface area contributed by atoms with Crippen molar-refractivity contribution in [3.63, 3.8) is 0 Å². The normalized spacial score (nSPS) is 13.3. The van der Waals surface area contributed by atoms with Gasteiger partial charge >= 0.3 is 0 Å². The Balaban J connectivity index is 1.72. The van der Waals surface area contributed by atoms with E-state index in [0.717, 1.165) is 22.0 Å². The highest BCUT2D eigenvalue weighted by Gasteiger charge is 2.33. The van der Waals surface area contributed by atoms with Crippen LogP contribution in [0.25, 0.3) is 0 Å². The fraction of sp³-hybridized carbons (Fsp3) is 0.259. The van der Waals surface area contributed by atoms with Gasteiger partial charge in [-0.15, -0.1) is 0 Å². The number of halogens is 1. The molecule has 0 spiro atoms. The molecule has 0 aliphatic carbocycles. The van der Waals surface area contributed by atoms with Gasteiger partial charge in [0.1, 0.15) is 31.6 Å². The maximum atomic E-state index is 13.9. The van der Waals surface area contributed by atoms with Crippen molar-refractivity contribution in [3.8, 4) is 11.5 Å². The number of carbonyl (C=O) groups excluding carboxylic acids is 2. The number of ether oxygens (including phenoxy) is 2. The highest BCUT2D eigenvalue weighted by molar-refractivity contribution is 7.92. The van der Waals surface area contributed by atoms with Crippen LogP contribution >= 0.6 is 0 Å². The standard InChI is InChI=1S/C27H28FN3O6S/c1-19(27(33)29-2)30(17-20-6-4-3-5-7-20)26(32)18-31(22-10-8-21(28)9-11-22)38(34,35)23-12-13-24-25(16-23)37-15-14-36-24/h3-13,16,19H,14-15,17-18H2,1-2H3,(H,29,33)/t19-/m1/s1. The molecule has 0 radical (unpaired) electrons. The fourth-order valence-electron chi connectivity index (χ4n) is 4.02. The van der Waals surface area contributed by atoms with Crippen LogP contribution in [0.2, 0.25) is 0 Å². The van der Waals surface area contributed by atoms with Crippen LogP contribution in [0, 0.1) is 5.82 Å². The van der Waals surface area contributed by atoms with E-state index in [-0.39, 0.29) is 29.5 Å². The monoisotopic (exact) mass is 541 g/mol. The number of benzene rings is 3. The number of likely N-dealkylation sites (N-methyl/N-ethyl adjacent to an activating group) is 1. The Bertz CT molecular complexity index is 1400. The first kappa shape index (κ1) is 26.9. The van der Waals surface area contributed by atoms with Gasteiger partial charge in [-0.05, 0) is 48.9 Å². The summed E-state index contributed by atoms with van der Waals surface area (Å²) in [5.74, 6) is -0.905. The van der Waals surface area contributed by atoms with Crippen molar-refractivity contribution in [1.29, 1.82) is 0 Å². The molecule has 1 aliphatic heterocycles. The average molecular weight is 542 g/mol. The molecular formula is C27H28FN3O6S. The van der Waals surface area contributed by atoms with Crippen LogP contribution in [0.5, 0.6) is 11.5 Å². The topological polar surface area (TPSA) is 105 Å². The van der Waals surface area contributed by atoms with Gasteiger partial charge in [-0.1, -0.05) is 30.3 Å². The second kappa shape index (κ2) is 11.5. The summed E-state index contributed by atoms with van der Waals surface area (Å²) in [6.07, 6.45) is 0. The first-order valence-corrected chi connectivity index (χ1v) is 13.4. The smallest absolute Gasteiger partial charge is 0.264 e. The SMILES string of the molecule is CNC(=O)[C@@H](C)N(Cc1ccccc1)C(=O)CN(c1ccc(F)cc1)S(=O)(=O)c1ccc2c(c1)OCCO2. The van der Waals surface area contributed by atoms with Gasteiger partial charge in [0.25, 0.3) is 10.0 Å². The molecule has 11 heteroatoms. The summed E-state index contributed by atoms with van der Waals surface area (Å²) >= 11 is 0. The number of sulfonamides is 1. The summed E-state index contributed by atoms with van der Waals surface area (Å²) in [5.41, 5.74) is 0.849. The van der Waals surface area contributed by atoms with Gasteiger partial charge in [0.05, 0.1) is 10.6 Å². The third-order valence-corrected chi connectivity index (χ3v) is 7.87. The molecule has 0 saturated heterocycles. The number of hydrogen-bond donors (Lipinski definition) is 1. The fourth-order valence-corrected chi connectivity index (χ4v) is 5.45. The summed E-state index contributed by atoms with van der Waals surface area (Å²) < 4.78 is 53.4. The van der Waals surface area contributed by atoms with Crippen molar-refractivity contribution >= 4 is 27.5 Å². The minimum atomic E-state index is -4.33. The van der Waals surface area contributed by atoms with E-state index in [9.17, 15) is 22.4 Å². The quantitative estimate of drug-likeness (QED) is 0.447. The molecule has 0 fully saturated rings. The van der Waals surface area contributed by atoms with E-state index in [0.29, 0.717) is 12.4 Å². The Morgan fingerprint density at radius 3 is 2.29 bits per heavy atom. The molecule has 1 atom stereocenters. The summed E-state index contributed by atoms with van der Waals surface area (Å²) in [5, 5.41) is 2.53. The molecule has 38 heavy (non-hydrogen) atoms. The highest BCUT2D eigenvalue weighted by Crippen LogP contribution is 2.34. The van der Waals surface area contributed by atoms with E-state index in [1.54, 1.807) is 31.2 Å². The van der Waals surface area contributed by atoms with Gasteiger partial charge in [-0.2, -0.15) is 0 Å². The molecule has 200 valence electrons. The molecule has 4 rings (SSSR count). The molecule has 0 aromatic heterocycles. The van der Waals surface area contributed by atoms with Crippen LogP contribution in [-0.4, -0.2) is 58.0 Å². The van der Waals surface area contributed by atoms with Gasteiger partial charge in [0.15, 0.2) is 11.5 Å². The number of rotatable bonds is 9. The molecule has 1 N–H and O–H groups in total. The molecule has 3 aromatic rings. The third-order valence-electron chi connectivity index (χ3n) is 6.10. The number of nitrogens with one attached hydrogen (secondary N) is 1. The molecule has 0 bridgehead atoms. The second-order valence-corrected chi connectivity index (χ2v) is 10.5. The molecule has 9 nitrogen and oxygen atoms in total. The first-order chi connectivity index (χ1) is 18.2. The van der Waals surface area contributed by atoms with Crippen LogP contribution in [0.3, 0.4) is 0 Å². The van der Waals surface area contributed by atoms with Gasteiger partial charge in [-0.3, -0.25) is 13.9 Å². The highest BCUT2D eigenvalue weighted by atomic mass is 32.2. The number of carbonyl (C=O) groups is 2. The van der Waals surface area contributed by atoms with Gasteiger partial charge in [-0.25, -0.2) is 12.8 Å². The lowest BCUT2D eigenvalue weighted by Gasteiger charge is -2.32. The maximum Gasteiger partial charge on any atom is 0.264 e. The minimum Gasteiger partial charge on any atom is -0.486 e. The molecule has 2 amide bonds. The van der Waals surface area contributed by atoms with E-state index >= 15 is 0 Å². The van der Waals surface area contributed by atoms with Crippen molar-refractivity contribution in [2.75, 3.05) is 31.1 Å². The molecule has 0 unspecified atom stereocenters. The Labute approximate surface area is 220 Å². The summed E-state index contributed by atoms with van der Waals surface area (Å²) in [6.45, 7) is 1.63. The number of anilines is 1. The van der Waals surface area contributed by atoms with Gasteiger partial charge in [0, 0.05) is 19.7 Å². The van der Waals surface area contributed by atoms with E-state index in [1.165, 1.54) is 42.3 Å². The first-order valence-electron chi connectivity index (χ1n) is 11.9. The van der Waals surface area contributed by atoms with Crippen LogP contribution < -0.4 is 19.1 Å². The number of fused-ring (bicyclic) bond motifs is 1. The zero-order valence-corrected chi connectivity index (χ0v) is 21.8. The molecule has 3 aromatic carbocycles. The summed E-state index contributed by atoms with van der Waals surface area (Å²) in [4.78, 5) is 27.4. The second-order valence-electron chi connectivity index (χ2n) is 8.59. The minimum absolute atomic E-state index is 0.0790. The number of nitrogens with zero attached hydrogens (tertiary/aromatic N) is 2. The number of hydrogen-bond acceptors (Lipinski definition) is 6. The van der Waals surface area contributed by atoms with Crippen molar-refractivity contribution in [2.45, 2.75) is 24.4 Å². The maximum absolute atomic E-state index is 13.9. The van der Waals surface area contributed by atoms with Crippen molar-refractivity contribution in [1.82, 2.24) is 10.2 Å². The summed E-state index contributed by atoms with van der Waals surface area (Å²) in [6, 6.07) is 17.1. The Kier molecular flexibility index (Phi) is 8.16. The lowest BCUT2D eigenvalue weighted by molar-refractivity contribution is -0.139. The third kappa shape index (κ3) is 5.88. The zero-order valence-electron chi connectivity index (χ0n) is 21.0. The van der Waals surface area contributed by atoms with Crippen LogP contribution in [0.4, 0.5) is 10.1 Å². The summed E-state index contributed by atoms with van der Waals surface area (Å²) in [7, 11) is -2.87. The van der Waals surface area contributed by atoms with E-state index in [1.807, 2.05) is 6.07 Å². The zero-order chi connectivity index (χ0) is 27.3. The Morgan fingerprint density at radius 2 is 1.63 bits per heavy atom. The molecule has 1 heterocycles. The van der Waals surface area contributed by atoms with Crippen LogP contribution in [-0.2, 0) is 26.2 Å². The van der Waals surface area contributed by atoms with Crippen LogP contribution in [0.15, 0.2) is 77.7 Å². The lowest BCUT2D eigenvalue weighted by Crippen LogP contribution is -2.50. The predicted octanol–water partition coefficient (Wildman–Crippen LogP) is 2.96. The van der Waals surface area contributed by atoms with Gasteiger partial charge < -0.3 is 19.7 Å². The number of amides is 2. The van der Waals surface area contributed by atoms with Gasteiger partial charge in [0.2, 0.25) is 11.8 Å². The largest absolute Gasteiger partial charge is 0.486 e. The average Bonchev–Trinajstić information content (AvgIpc) is 2.94. The Hall–Kier alpha value is -4.12. The molecule has 1 aliphatic rings. The van der Waals surface area contributed by atoms with Crippen molar-refractivity contribution < 1.29 is 31.9 Å². The van der Waals surface area contributed by atoms with Crippen molar-refractivity contribution in [3.05, 3.63) is 84.2 Å². The molecule has 0 saturated carbocycles. The lowest BCUT2D eigenvalue weighted by atomic mass is 10.1. The Morgan fingerprint density at radius 1 is 0.974 bits per heavy atom. The van der Waals surface area contributed by atoms with Crippen molar-refractivity contribution in [2.24, 2.45) is 0 Å². The van der Waals surface area contributed by atoms with Crippen LogP contribution in [0.1, 0.15) is 12.5 Å². The van der Waals surface area contributed by atoms with E-state index in [4.69, 9.17) is 9.47 Å². The van der Waals surface area contributed by atoms with E-state index in [2.05, 4.69) is 5.32 Å². The molecular weight excluding hydrogens is 513 g/mol. The van der Waals surface area contributed by atoms with E-state index < -0.39 is 40.2 Å².